The fraction of sp³-hybridized carbons (Fsp3) is 0.421. The highest BCUT2D eigenvalue weighted by atomic mass is 127. The molecule has 0 saturated carbocycles. The van der Waals surface area contributed by atoms with E-state index < -0.39 is 0 Å². The number of aromatic nitrogens is 1. The maximum absolute atomic E-state index is 11.5. The van der Waals surface area contributed by atoms with Crippen LogP contribution in [0.15, 0.2) is 39.9 Å². The van der Waals surface area contributed by atoms with Crippen molar-refractivity contribution in [2.24, 2.45) is 10.9 Å². The molecule has 0 aliphatic carbocycles. The Morgan fingerprint density at radius 3 is 2.44 bits per heavy atom. The summed E-state index contributed by atoms with van der Waals surface area (Å²) in [5.74, 6) is 1.27. The Morgan fingerprint density at radius 2 is 1.81 bits per heavy atom. The molecule has 1 aromatic heterocycles. The van der Waals surface area contributed by atoms with Crippen molar-refractivity contribution in [2.75, 3.05) is 20.1 Å². The first-order chi connectivity index (χ1) is 12.5. The predicted molar refractivity (Wildman–Crippen MR) is 118 cm³/mol. The number of aryl methyl sites for hydroxylation is 1. The van der Waals surface area contributed by atoms with Gasteiger partial charge in [0.2, 0.25) is 11.8 Å². The van der Waals surface area contributed by atoms with Crippen LogP contribution in [0.25, 0.3) is 11.5 Å². The summed E-state index contributed by atoms with van der Waals surface area (Å²) in [5, 5.41) is 9.17. The van der Waals surface area contributed by atoms with Gasteiger partial charge in [0.1, 0.15) is 6.26 Å². The van der Waals surface area contributed by atoms with Crippen LogP contribution >= 0.6 is 24.0 Å². The van der Waals surface area contributed by atoms with Gasteiger partial charge in [0.05, 0.1) is 12.2 Å². The van der Waals surface area contributed by atoms with Crippen molar-refractivity contribution in [2.45, 2.75) is 27.3 Å². The molecule has 2 aromatic rings. The average Bonchev–Trinajstić information content (AvgIpc) is 3.10. The van der Waals surface area contributed by atoms with Crippen LogP contribution in [0.3, 0.4) is 0 Å². The lowest BCUT2D eigenvalue weighted by atomic mass is 10.1. The van der Waals surface area contributed by atoms with Gasteiger partial charge in [0, 0.05) is 31.6 Å². The number of amides is 1. The standard InChI is InChI=1S/C19H27N5O2.HI/c1-13(2)17(25)21-9-10-22-19(20-4)23-11-16-12-26-18(24-16)15-7-5-14(3)6-8-15;/h5-8,12-13H,9-11H2,1-4H3,(H,21,25)(H2,20,22,23);1H. The summed E-state index contributed by atoms with van der Waals surface area (Å²) in [4.78, 5) is 20.1. The SMILES string of the molecule is CN=C(NCCNC(=O)C(C)C)NCc1coc(-c2ccc(C)cc2)n1.I. The maximum atomic E-state index is 11.5. The molecule has 1 heterocycles. The van der Waals surface area contributed by atoms with Gasteiger partial charge in [-0.1, -0.05) is 31.5 Å². The van der Waals surface area contributed by atoms with Gasteiger partial charge in [-0.3, -0.25) is 9.79 Å². The van der Waals surface area contributed by atoms with Crippen molar-refractivity contribution in [3.8, 4) is 11.5 Å². The van der Waals surface area contributed by atoms with E-state index in [1.54, 1.807) is 13.3 Å². The van der Waals surface area contributed by atoms with E-state index in [2.05, 4.69) is 25.9 Å². The Hall–Kier alpha value is -2.10. The molecule has 27 heavy (non-hydrogen) atoms. The third-order valence-corrected chi connectivity index (χ3v) is 3.75. The molecular weight excluding hydrogens is 457 g/mol. The number of carbonyl (C=O) groups is 1. The van der Waals surface area contributed by atoms with Crippen LogP contribution in [0.5, 0.6) is 0 Å². The fourth-order valence-corrected chi connectivity index (χ4v) is 2.18. The van der Waals surface area contributed by atoms with E-state index in [1.807, 2.05) is 45.0 Å². The molecule has 0 spiro atoms. The van der Waals surface area contributed by atoms with E-state index in [1.165, 1.54) is 5.56 Å². The fourth-order valence-electron chi connectivity index (χ4n) is 2.18. The largest absolute Gasteiger partial charge is 0.444 e. The van der Waals surface area contributed by atoms with Gasteiger partial charge in [0.25, 0.3) is 0 Å². The molecule has 0 aliphatic heterocycles. The zero-order chi connectivity index (χ0) is 18.9. The molecule has 0 atom stereocenters. The first kappa shape index (κ1) is 22.9. The van der Waals surface area contributed by atoms with E-state index in [0.717, 1.165) is 11.3 Å². The summed E-state index contributed by atoms with van der Waals surface area (Å²) in [5.41, 5.74) is 2.93. The molecule has 3 N–H and O–H groups in total. The highest BCUT2D eigenvalue weighted by Gasteiger charge is 2.08. The zero-order valence-electron chi connectivity index (χ0n) is 16.2. The molecule has 1 amide bonds. The number of halogens is 1. The molecule has 0 radical (unpaired) electrons. The normalized spacial score (nSPS) is 11.1. The molecule has 0 aliphatic rings. The number of hydrogen-bond acceptors (Lipinski definition) is 4. The number of nitrogens with one attached hydrogen (secondary N) is 3. The average molecular weight is 485 g/mol. The van der Waals surface area contributed by atoms with Gasteiger partial charge in [-0.25, -0.2) is 4.98 Å². The number of oxazole rings is 1. The Morgan fingerprint density at radius 1 is 1.15 bits per heavy atom. The lowest BCUT2D eigenvalue weighted by Crippen LogP contribution is -2.41. The van der Waals surface area contributed by atoms with Crippen LogP contribution < -0.4 is 16.0 Å². The molecule has 8 heteroatoms. The first-order valence-corrected chi connectivity index (χ1v) is 8.73. The molecule has 2 rings (SSSR count). The second-order valence-electron chi connectivity index (χ2n) is 6.31. The second-order valence-corrected chi connectivity index (χ2v) is 6.31. The van der Waals surface area contributed by atoms with Crippen LogP contribution in [0.1, 0.15) is 25.1 Å². The number of hydrogen-bond donors (Lipinski definition) is 3. The smallest absolute Gasteiger partial charge is 0.226 e. The Balaban J connectivity index is 0.00000364. The van der Waals surface area contributed by atoms with Gasteiger partial charge in [0.15, 0.2) is 5.96 Å². The topological polar surface area (TPSA) is 91.5 Å². The third-order valence-electron chi connectivity index (χ3n) is 3.75. The molecular formula is C19H28IN5O2. The van der Waals surface area contributed by atoms with E-state index >= 15 is 0 Å². The predicted octanol–water partition coefficient (Wildman–Crippen LogP) is 2.71. The molecule has 0 bridgehead atoms. The summed E-state index contributed by atoms with van der Waals surface area (Å²) in [6.45, 7) is 7.40. The van der Waals surface area contributed by atoms with Crippen molar-refractivity contribution in [3.05, 3.63) is 41.8 Å². The van der Waals surface area contributed by atoms with Crippen LogP contribution in [-0.4, -0.2) is 37.0 Å². The van der Waals surface area contributed by atoms with E-state index in [4.69, 9.17) is 4.42 Å². The molecule has 0 unspecified atom stereocenters. The van der Waals surface area contributed by atoms with Gasteiger partial charge in [-0.05, 0) is 19.1 Å². The molecule has 1 aromatic carbocycles. The van der Waals surface area contributed by atoms with Crippen molar-refractivity contribution in [3.63, 3.8) is 0 Å². The number of carbonyl (C=O) groups excluding carboxylic acids is 1. The van der Waals surface area contributed by atoms with Crippen molar-refractivity contribution < 1.29 is 9.21 Å². The third kappa shape index (κ3) is 7.58. The van der Waals surface area contributed by atoms with Crippen molar-refractivity contribution in [1.29, 1.82) is 0 Å². The molecule has 7 nitrogen and oxygen atoms in total. The Bertz CT molecular complexity index is 741. The minimum absolute atomic E-state index is 0. The van der Waals surface area contributed by atoms with Crippen LogP contribution in [0.2, 0.25) is 0 Å². The molecule has 148 valence electrons. The number of aliphatic imine (C=N–C) groups is 1. The van der Waals surface area contributed by atoms with E-state index in [9.17, 15) is 4.79 Å². The number of benzene rings is 1. The summed E-state index contributed by atoms with van der Waals surface area (Å²) >= 11 is 0. The monoisotopic (exact) mass is 485 g/mol. The maximum Gasteiger partial charge on any atom is 0.226 e. The number of rotatable bonds is 7. The van der Waals surface area contributed by atoms with Crippen molar-refractivity contribution >= 4 is 35.8 Å². The van der Waals surface area contributed by atoms with Gasteiger partial charge < -0.3 is 20.4 Å². The highest BCUT2D eigenvalue weighted by Crippen LogP contribution is 2.18. The van der Waals surface area contributed by atoms with E-state index in [-0.39, 0.29) is 35.8 Å². The lowest BCUT2D eigenvalue weighted by molar-refractivity contribution is -0.123. The Kier molecular flexibility index (Phi) is 9.84. The minimum atomic E-state index is -0.0117. The summed E-state index contributed by atoms with van der Waals surface area (Å²) < 4.78 is 5.54. The number of nitrogens with zero attached hydrogens (tertiary/aromatic N) is 2. The summed E-state index contributed by atoms with van der Waals surface area (Å²) in [7, 11) is 1.70. The minimum Gasteiger partial charge on any atom is -0.444 e. The van der Waals surface area contributed by atoms with Crippen molar-refractivity contribution in [1.82, 2.24) is 20.9 Å². The highest BCUT2D eigenvalue weighted by molar-refractivity contribution is 14.0. The number of guanidine groups is 1. The van der Waals surface area contributed by atoms with Crippen LogP contribution in [0, 0.1) is 12.8 Å². The van der Waals surface area contributed by atoms with E-state index in [0.29, 0.717) is 31.5 Å². The zero-order valence-corrected chi connectivity index (χ0v) is 18.5. The molecule has 0 fully saturated rings. The van der Waals surface area contributed by atoms with Gasteiger partial charge in [-0.15, -0.1) is 24.0 Å². The van der Waals surface area contributed by atoms with Crippen LogP contribution in [0.4, 0.5) is 0 Å². The first-order valence-electron chi connectivity index (χ1n) is 8.73. The second kappa shape index (κ2) is 11.6. The quantitative estimate of drug-likeness (QED) is 0.243. The summed E-state index contributed by atoms with van der Waals surface area (Å²) in [6.07, 6.45) is 1.64. The Labute approximate surface area is 177 Å². The summed E-state index contributed by atoms with van der Waals surface area (Å²) in [6, 6.07) is 8.04. The van der Waals surface area contributed by atoms with Crippen LogP contribution in [-0.2, 0) is 11.3 Å². The van der Waals surface area contributed by atoms with Gasteiger partial charge >= 0.3 is 0 Å². The van der Waals surface area contributed by atoms with Gasteiger partial charge in [-0.2, -0.15) is 0 Å². The molecule has 0 saturated heterocycles. The lowest BCUT2D eigenvalue weighted by Gasteiger charge is -2.12.